The minimum Gasteiger partial charge on any atom is -0.358 e. The Hall–Kier alpha value is -1.65. The van der Waals surface area contributed by atoms with Crippen molar-refractivity contribution in [1.82, 2.24) is 5.32 Å². The molecule has 2 aromatic rings. The lowest BCUT2D eigenvalue weighted by Gasteiger charge is -2.12. The molecule has 0 saturated heterocycles. The van der Waals surface area contributed by atoms with Crippen molar-refractivity contribution in [3.8, 4) is 0 Å². The van der Waals surface area contributed by atoms with Crippen LogP contribution < -0.4 is 10.6 Å². The van der Waals surface area contributed by atoms with Gasteiger partial charge in [-0.05, 0) is 60.6 Å². The number of hydrogen-bond donors (Lipinski definition) is 2. The molecule has 0 heterocycles. The highest BCUT2D eigenvalue weighted by Gasteiger charge is 2.02. The zero-order valence-electron chi connectivity index (χ0n) is 10.9. The lowest BCUT2D eigenvalue weighted by atomic mass is 10.1. The van der Waals surface area contributed by atoms with Crippen molar-refractivity contribution < 1.29 is 4.39 Å². The minimum absolute atomic E-state index is 0.249. The monoisotopic (exact) mass is 308 g/mol. The molecule has 0 aliphatic carbocycles. The number of thiocarbonyl (C=S) groups is 1. The molecule has 0 aliphatic heterocycles. The molecule has 2 nitrogen and oxygen atoms in total. The topological polar surface area (TPSA) is 24.1 Å². The Morgan fingerprint density at radius 2 is 2.05 bits per heavy atom. The van der Waals surface area contributed by atoms with E-state index in [4.69, 9.17) is 23.8 Å². The number of rotatable bonds is 3. The first kappa shape index (κ1) is 14.8. The average molecular weight is 309 g/mol. The van der Waals surface area contributed by atoms with Crippen molar-refractivity contribution in [2.75, 3.05) is 5.32 Å². The Balaban J connectivity index is 1.94. The minimum atomic E-state index is -0.249. The third-order valence-electron chi connectivity index (χ3n) is 2.83. The van der Waals surface area contributed by atoms with Gasteiger partial charge in [0.25, 0.3) is 0 Å². The van der Waals surface area contributed by atoms with Crippen molar-refractivity contribution in [1.29, 1.82) is 0 Å². The Kier molecular flexibility index (Phi) is 4.93. The van der Waals surface area contributed by atoms with E-state index in [1.807, 2.05) is 19.1 Å². The SMILES string of the molecule is Cc1ccc(F)cc1CNC(=S)Nc1cccc(Cl)c1. The lowest BCUT2D eigenvalue weighted by molar-refractivity contribution is 0.624. The molecule has 20 heavy (non-hydrogen) atoms. The molecular weight excluding hydrogens is 295 g/mol. The van der Waals surface area contributed by atoms with Crippen LogP contribution in [0.1, 0.15) is 11.1 Å². The van der Waals surface area contributed by atoms with Crippen molar-refractivity contribution in [2.45, 2.75) is 13.5 Å². The molecule has 2 aromatic carbocycles. The van der Waals surface area contributed by atoms with Crippen molar-refractivity contribution >= 4 is 34.6 Å². The van der Waals surface area contributed by atoms with Crippen LogP contribution in [0.5, 0.6) is 0 Å². The second-order valence-electron chi connectivity index (χ2n) is 4.39. The van der Waals surface area contributed by atoms with E-state index in [1.54, 1.807) is 18.2 Å². The zero-order chi connectivity index (χ0) is 14.5. The van der Waals surface area contributed by atoms with Crippen molar-refractivity contribution in [2.24, 2.45) is 0 Å². The predicted molar refractivity (Wildman–Crippen MR) is 85.6 cm³/mol. The molecule has 104 valence electrons. The first-order valence-corrected chi connectivity index (χ1v) is 6.88. The van der Waals surface area contributed by atoms with Gasteiger partial charge in [-0.15, -0.1) is 0 Å². The van der Waals surface area contributed by atoms with Gasteiger partial charge in [0.15, 0.2) is 5.11 Å². The predicted octanol–water partition coefficient (Wildman–Crippen LogP) is 4.27. The Morgan fingerprint density at radius 1 is 1.25 bits per heavy atom. The fourth-order valence-electron chi connectivity index (χ4n) is 1.75. The van der Waals surface area contributed by atoms with Gasteiger partial charge in [-0.1, -0.05) is 23.7 Å². The summed E-state index contributed by atoms with van der Waals surface area (Å²) in [5.74, 6) is -0.249. The Labute approximate surface area is 128 Å². The average Bonchev–Trinajstić information content (AvgIpc) is 2.40. The van der Waals surface area contributed by atoms with E-state index >= 15 is 0 Å². The smallest absolute Gasteiger partial charge is 0.171 e. The first-order chi connectivity index (χ1) is 9.54. The number of aryl methyl sites for hydroxylation is 1. The van der Waals surface area contributed by atoms with E-state index in [2.05, 4.69) is 10.6 Å². The summed E-state index contributed by atoms with van der Waals surface area (Å²) < 4.78 is 13.2. The van der Waals surface area contributed by atoms with E-state index < -0.39 is 0 Å². The largest absolute Gasteiger partial charge is 0.358 e. The fraction of sp³-hybridized carbons (Fsp3) is 0.133. The van der Waals surface area contributed by atoms with Gasteiger partial charge in [0.05, 0.1) is 0 Å². The molecule has 0 unspecified atom stereocenters. The summed E-state index contributed by atoms with van der Waals surface area (Å²) in [6, 6.07) is 12.0. The van der Waals surface area contributed by atoms with Crippen LogP contribution in [0.25, 0.3) is 0 Å². The Bertz CT molecular complexity index is 631. The molecule has 0 radical (unpaired) electrons. The summed E-state index contributed by atoms with van der Waals surface area (Å²) >= 11 is 11.1. The molecule has 0 bridgehead atoms. The normalized spacial score (nSPS) is 10.2. The van der Waals surface area contributed by atoms with Crippen LogP contribution in [0.15, 0.2) is 42.5 Å². The third kappa shape index (κ3) is 4.18. The Morgan fingerprint density at radius 3 is 2.80 bits per heavy atom. The van der Waals surface area contributed by atoms with E-state index in [1.165, 1.54) is 12.1 Å². The van der Waals surface area contributed by atoms with Gasteiger partial charge in [0.2, 0.25) is 0 Å². The molecule has 5 heteroatoms. The fourth-order valence-corrected chi connectivity index (χ4v) is 2.13. The molecule has 0 amide bonds. The summed E-state index contributed by atoms with van der Waals surface area (Å²) in [6.07, 6.45) is 0. The van der Waals surface area contributed by atoms with Crippen LogP contribution in [0.3, 0.4) is 0 Å². The maximum absolute atomic E-state index is 13.2. The van der Waals surface area contributed by atoms with Crippen LogP contribution in [-0.4, -0.2) is 5.11 Å². The van der Waals surface area contributed by atoms with E-state index in [0.717, 1.165) is 16.8 Å². The van der Waals surface area contributed by atoms with Gasteiger partial charge < -0.3 is 10.6 Å². The summed E-state index contributed by atoms with van der Waals surface area (Å²) in [4.78, 5) is 0. The van der Waals surface area contributed by atoms with Crippen LogP contribution in [0.4, 0.5) is 10.1 Å². The standard InChI is InChI=1S/C15H14ClFN2S/c1-10-5-6-13(17)7-11(10)9-18-15(20)19-14-4-2-3-12(16)8-14/h2-8H,9H2,1H3,(H2,18,19,20). The van der Waals surface area contributed by atoms with Crippen LogP contribution >= 0.6 is 23.8 Å². The van der Waals surface area contributed by atoms with Gasteiger partial charge in [-0.25, -0.2) is 4.39 Å². The molecule has 0 spiro atoms. The van der Waals surface area contributed by atoms with Gasteiger partial charge >= 0.3 is 0 Å². The molecule has 0 atom stereocenters. The summed E-state index contributed by atoms with van der Waals surface area (Å²) in [5.41, 5.74) is 2.70. The summed E-state index contributed by atoms with van der Waals surface area (Å²) in [5, 5.41) is 7.18. The maximum atomic E-state index is 13.2. The van der Waals surface area contributed by atoms with E-state index in [9.17, 15) is 4.39 Å². The highest BCUT2D eigenvalue weighted by Crippen LogP contribution is 2.15. The highest BCUT2D eigenvalue weighted by molar-refractivity contribution is 7.80. The second kappa shape index (κ2) is 6.68. The quantitative estimate of drug-likeness (QED) is 0.828. The second-order valence-corrected chi connectivity index (χ2v) is 5.23. The first-order valence-electron chi connectivity index (χ1n) is 6.10. The highest BCUT2D eigenvalue weighted by atomic mass is 35.5. The molecule has 0 saturated carbocycles. The number of nitrogens with one attached hydrogen (secondary N) is 2. The lowest BCUT2D eigenvalue weighted by Crippen LogP contribution is -2.28. The molecule has 2 N–H and O–H groups in total. The number of halogens is 2. The van der Waals surface area contributed by atoms with Crippen LogP contribution in [0, 0.1) is 12.7 Å². The molecular formula is C15H14ClFN2S. The molecule has 0 fully saturated rings. The number of benzene rings is 2. The summed E-state index contributed by atoms with van der Waals surface area (Å²) in [7, 11) is 0. The zero-order valence-corrected chi connectivity index (χ0v) is 12.5. The molecule has 0 aromatic heterocycles. The third-order valence-corrected chi connectivity index (χ3v) is 3.31. The van der Waals surface area contributed by atoms with Crippen LogP contribution in [0.2, 0.25) is 5.02 Å². The van der Waals surface area contributed by atoms with Gasteiger partial charge in [-0.2, -0.15) is 0 Å². The number of anilines is 1. The maximum Gasteiger partial charge on any atom is 0.171 e. The molecule has 2 rings (SSSR count). The van der Waals surface area contributed by atoms with Gasteiger partial charge in [0.1, 0.15) is 5.82 Å². The van der Waals surface area contributed by atoms with E-state index in [-0.39, 0.29) is 5.82 Å². The summed E-state index contributed by atoms with van der Waals surface area (Å²) in [6.45, 7) is 2.40. The molecule has 0 aliphatic rings. The van der Waals surface area contributed by atoms with Crippen molar-refractivity contribution in [3.63, 3.8) is 0 Å². The van der Waals surface area contributed by atoms with Gasteiger partial charge in [-0.3, -0.25) is 0 Å². The van der Waals surface area contributed by atoms with Crippen LogP contribution in [-0.2, 0) is 6.54 Å². The van der Waals surface area contributed by atoms with Crippen molar-refractivity contribution in [3.05, 3.63) is 64.4 Å². The van der Waals surface area contributed by atoms with Gasteiger partial charge in [0, 0.05) is 17.3 Å². The van der Waals surface area contributed by atoms with E-state index in [0.29, 0.717) is 16.7 Å². The number of hydrogen-bond acceptors (Lipinski definition) is 1.